The lowest BCUT2D eigenvalue weighted by Crippen LogP contribution is -2.46. The fraction of sp³-hybridized carbons (Fsp3) is 0.300. The summed E-state index contributed by atoms with van der Waals surface area (Å²) in [5.74, 6) is 0.0744. The number of nitrogens with zero attached hydrogens (tertiary/aromatic N) is 7. The Hall–Kier alpha value is -3.24. The van der Waals surface area contributed by atoms with Crippen LogP contribution in [0.25, 0.3) is 12.0 Å². The number of anilines is 3. The van der Waals surface area contributed by atoms with Gasteiger partial charge in [0.15, 0.2) is 0 Å². The lowest BCUT2D eigenvalue weighted by atomic mass is 10.2. The van der Waals surface area contributed by atoms with Crippen molar-refractivity contribution in [3.8, 4) is 5.95 Å². The van der Waals surface area contributed by atoms with Crippen molar-refractivity contribution in [2.45, 2.75) is 6.92 Å². The number of aromatic nitrogens is 5. The third-order valence-corrected chi connectivity index (χ3v) is 5.36. The minimum atomic E-state index is -0.314. The molecule has 1 saturated heterocycles. The maximum Gasteiger partial charge on any atom is 0.257 e. The van der Waals surface area contributed by atoms with Crippen LogP contribution in [-0.2, 0) is 0 Å². The molecule has 1 fully saturated rings. The quantitative estimate of drug-likeness (QED) is 0.616. The van der Waals surface area contributed by atoms with E-state index in [2.05, 4.69) is 35.9 Å². The molecule has 2 aromatic heterocycles. The average Bonchev–Trinajstić information content (AvgIpc) is 3.07. The standard InChI is InChI=1S/C20H23ClFN9/c1-13-14(12-25-31(13)20-27-18(23)26-19(24)28-20)3-2-4-29-5-7-30(8-6-29)17-10-15(21)9-16(22)11-17/h2-3,9-12H,4-8H2,1H3,(H4,23,24,26,27,28)/b3-2+. The molecule has 11 heteroatoms. The normalized spacial score (nSPS) is 15.1. The van der Waals surface area contributed by atoms with Crippen molar-refractivity contribution in [2.75, 3.05) is 49.1 Å². The second-order valence-electron chi connectivity index (χ2n) is 7.27. The minimum Gasteiger partial charge on any atom is -0.369 e. The second kappa shape index (κ2) is 8.86. The van der Waals surface area contributed by atoms with E-state index in [9.17, 15) is 4.39 Å². The van der Waals surface area contributed by atoms with Gasteiger partial charge in [-0.05, 0) is 25.1 Å². The SMILES string of the molecule is Cc1c(/C=C/CN2CCN(c3cc(F)cc(Cl)c3)CC2)cnn1-c1nc(N)nc(N)n1. The van der Waals surface area contributed by atoms with Crippen molar-refractivity contribution in [3.63, 3.8) is 0 Å². The molecule has 0 spiro atoms. The Labute approximate surface area is 184 Å². The van der Waals surface area contributed by atoms with Crippen LogP contribution in [0.2, 0.25) is 5.02 Å². The molecule has 0 saturated carbocycles. The van der Waals surface area contributed by atoms with Crippen LogP contribution in [0.3, 0.4) is 0 Å². The van der Waals surface area contributed by atoms with Crippen LogP contribution in [0.15, 0.2) is 30.5 Å². The lowest BCUT2D eigenvalue weighted by Gasteiger charge is -2.35. The topological polar surface area (TPSA) is 115 Å². The maximum absolute atomic E-state index is 13.6. The number of nitrogens with two attached hydrogens (primary N) is 2. The molecule has 0 unspecified atom stereocenters. The van der Waals surface area contributed by atoms with Crippen LogP contribution < -0.4 is 16.4 Å². The van der Waals surface area contributed by atoms with Gasteiger partial charge in [0, 0.05) is 49.0 Å². The fourth-order valence-corrected chi connectivity index (χ4v) is 3.73. The second-order valence-corrected chi connectivity index (χ2v) is 7.70. The van der Waals surface area contributed by atoms with E-state index in [0.29, 0.717) is 5.02 Å². The van der Waals surface area contributed by atoms with E-state index < -0.39 is 0 Å². The summed E-state index contributed by atoms with van der Waals surface area (Å²) in [7, 11) is 0. The summed E-state index contributed by atoms with van der Waals surface area (Å²) in [5, 5.41) is 4.75. The molecule has 1 aliphatic rings. The first-order valence-corrected chi connectivity index (χ1v) is 10.2. The first-order chi connectivity index (χ1) is 14.9. The van der Waals surface area contributed by atoms with Crippen molar-refractivity contribution in [1.82, 2.24) is 29.6 Å². The van der Waals surface area contributed by atoms with Crippen molar-refractivity contribution in [2.24, 2.45) is 0 Å². The molecular formula is C20H23ClFN9. The third kappa shape index (κ3) is 4.92. The largest absolute Gasteiger partial charge is 0.369 e. The van der Waals surface area contributed by atoms with Crippen LogP contribution in [0.5, 0.6) is 0 Å². The number of nitrogen functional groups attached to an aromatic ring is 2. The zero-order valence-corrected chi connectivity index (χ0v) is 17.8. The lowest BCUT2D eigenvalue weighted by molar-refractivity contribution is 0.284. The summed E-state index contributed by atoms with van der Waals surface area (Å²) in [6.07, 6.45) is 5.86. The van der Waals surface area contributed by atoms with Gasteiger partial charge in [-0.25, -0.2) is 9.07 Å². The average molecular weight is 444 g/mol. The predicted octanol–water partition coefficient (Wildman–Crippen LogP) is 2.16. The van der Waals surface area contributed by atoms with E-state index in [1.54, 1.807) is 16.9 Å². The summed E-state index contributed by atoms with van der Waals surface area (Å²) >= 11 is 5.98. The van der Waals surface area contributed by atoms with Crippen molar-refractivity contribution in [1.29, 1.82) is 0 Å². The molecule has 162 valence electrons. The van der Waals surface area contributed by atoms with Crippen LogP contribution in [-0.4, -0.2) is 62.4 Å². The number of hydrogen-bond donors (Lipinski definition) is 2. The summed E-state index contributed by atoms with van der Waals surface area (Å²) in [5.41, 5.74) is 13.9. The predicted molar refractivity (Wildman–Crippen MR) is 120 cm³/mol. The van der Waals surface area contributed by atoms with Gasteiger partial charge in [-0.15, -0.1) is 0 Å². The van der Waals surface area contributed by atoms with Crippen LogP contribution in [0.1, 0.15) is 11.3 Å². The first kappa shape index (κ1) is 21.0. The van der Waals surface area contributed by atoms with Gasteiger partial charge in [0.1, 0.15) is 5.82 Å². The molecule has 1 aromatic carbocycles. The Bertz CT molecular complexity index is 1070. The molecule has 9 nitrogen and oxygen atoms in total. The summed E-state index contributed by atoms with van der Waals surface area (Å²) < 4.78 is 15.2. The molecular weight excluding hydrogens is 421 g/mol. The van der Waals surface area contributed by atoms with Gasteiger partial charge in [0.2, 0.25) is 11.9 Å². The molecule has 0 radical (unpaired) electrons. The zero-order valence-electron chi connectivity index (χ0n) is 17.0. The minimum absolute atomic E-state index is 0.0501. The summed E-state index contributed by atoms with van der Waals surface area (Å²) in [6.45, 7) is 6.10. The van der Waals surface area contributed by atoms with E-state index in [4.69, 9.17) is 23.1 Å². The number of rotatable bonds is 5. The Kier molecular flexibility index (Phi) is 6.01. The van der Waals surface area contributed by atoms with Gasteiger partial charge >= 0.3 is 0 Å². The number of hydrogen-bond acceptors (Lipinski definition) is 8. The van der Waals surface area contributed by atoms with Crippen molar-refractivity contribution < 1.29 is 4.39 Å². The molecule has 0 amide bonds. The maximum atomic E-state index is 13.6. The number of benzene rings is 1. The Morgan fingerprint density at radius 1 is 1.06 bits per heavy atom. The molecule has 3 aromatic rings. The number of halogens is 2. The molecule has 4 N–H and O–H groups in total. The summed E-state index contributed by atoms with van der Waals surface area (Å²) in [6, 6.07) is 4.64. The summed E-state index contributed by atoms with van der Waals surface area (Å²) in [4.78, 5) is 16.4. The van der Waals surface area contributed by atoms with E-state index in [-0.39, 0.29) is 23.7 Å². The van der Waals surface area contributed by atoms with Crippen molar-refractivity contribution >= 4 is 35.3 Å². The van der Waals surface area contributed by atoms with Gasteiger partial charge in [-0.2, -0.15) is 20.1 Å². The smallest absolute Gasteiger partial charge is 0.257 e. The molecule has 0 bridgehead atoms. The van der Waals surface area contributed by atoms with E-state index in [0.717, 1.165) is 49.7 Å². The zero-order chi connectivity index (χ0) is 22.0. The molecule has 0 aliphatic carbocycles. The van der Waals surface area contributed by atoms with Gasteiger partial charge < -0.3 is 16.4 Å². The molecule has 0 atom stereocenters. The Morgan fingerprint density at radius 2 is 1.77 bits per heavy atom. The highest BCUT2D eigenvalue weighted by atomic mass is 35.5. The highest BCUT2D eigenvalue weighted by Crippen LogP contribution is 2.23. The monoisotopic (exact) mass is 443 g/mol. The van der Waals surface area contributed by atoms with E-state index in [1.807, 2.05) is 13.0 Å². The van der Waals surface area contributed by atoms with Gasteiger partial charge in [0.05, 0.1) is 11.9 Å². The Balaban J connectivity index is 1.35. The molecule has 3 heterocycles. The third-order valence-electron chi connectivity index (χ3n) is 5.14. The number of piperazine rings is 1. The van der Waals surface area contributed by atoms with E-state index >= 15 is 0 Å². The van der Waals surface area contributed by atoms with Gasteiger partial charge in [0.25, 0.3) is 5.95 Å². The molecule has 1 aliphatic heterocycles. The highest BCUT2D eigenvalue weighted by molar-refractivity contribution is 6.30. The van der Waals surface area contributed by atoms with Crippen LogP contribution >= 0.6 is 11.6 Å². The van der Waals surface area contributed by atoms with Crippen molar-refractivity contribution in [3.05, 3.63) is 52.6 Å². The van der Waals surface area contributed by atoms with Gasteiger partial charge in [-0.1, -0.05) is 23.8 Å². The van der Waals surface area contributed by atoms with Gasteiger partial charge in [-0.3, -0.25) is 4.90 Å². The Morgan fingerprint density at radius 3 is 2.45 bits per heavy atom. The fourth-order valence-electron chi connectivity index (χ4n) is 3.52. The highest BCUT2D eigenvalue weighted by Gasteiger charge is 2.17. The van der Waals surface area contributed by atoms with E-state index in [1.165, 1.54) is 12.1 Å². The molecule has 4 rings (SSSR count). The van der Waals surface area contributed by atoms with Crippen LogP contribution in [0.4, 0.5) is 22.0 Å². The van der Waals surface area contributed by atoms with Crippen LogP contribution in [0, 0.1) is 12.7 Å². The first-order valence-electron chi connectivity index (χ1n) is 9.81. The molecule has 31 heavy (non-hydrogen) atoms.